The number of benzene rings is 3. The highest BCUT2D eigenvalue weighted by Gasteiger charge is 2.33. The summed E-state index contributed by atoms with van der Waals surface area (Å²) >= 11 is 0. The molecule has 166 valence electrons. The smallest absolute Gasteiger partial charge is 0.254 e. The van der Waals surface area contributed by atoms with E-state index in [4.69, 9.17) is 9.47 Å². The Balaban J connectivity index is 1.79. The number of rotatable bonds is 5. The van der Waals surface area contributed by atoms with E-state index < -0.39 is 9.84 Å². The second-order valence-corrected chi connectivity index (χ2v) is 9.78. The fraction of sp³-hybridized carbons (Fsp3) is 0.240. The molecule has 0 radical (unpaired) electrons. The van der Waals surface area contributed by atoms with Gasteiger partial charge in [-0.25, -0.2) is 8.42 Å². The zero-order chi connectivity index (χ0) is 22.9. The van der Waals surface area contributed by atoms with Crippen molar-refractivity contribution in [1.82, 2.24) is 4.90 Å². The summed E-state index contributed by atoms with van der Waals surface area (Å²) in [5.74, 6) is 1.12. The Hall–Kier alpha value is -3.32. The monoisotopic (exact) mass is 451 g/mol. The van der Waals surface area contributed by atoms with Gasteiger partial charge in [0.25, 0.3) is 5.91 Å². The Kier molecular flexibility index (Phi) is 5.93. The van der Waals surface area contributed by atoms with Crippen molar-refractivity contribution in [3.63, 3.8) is 0 Å². The van der Waals surface area contributed by atoms with E-state index in [0.29, 0.717) is 30.0 Å². The van der Waals surface area contributed by atoms with Crippen LogP contribution in [0.3, 0.4) is 0 Å². The third-order valence-electron chi connectivity index (χ3n) is 5.78. The van der Waals surface area contributed by atoms with Crippen molar-refractivity contribution in [1.29, 1.82) is 0 Å². The molecule has 0 spiro atoms. The van der Waals surface area contributed by atoms with Crippen LogP contribution in [-0.4, -0.2) is 46.2 Å². The van der Waals surface area contributed by atoms with Gasteiger partial charge in [0.15, 0.2) is 21.3 Å². The molecular weight excluding hydrogens is 426 g/mol. The number of nitrogens with zero attached hydrogens (tertiary/aromatic N) is 1. The van der Waals surface area contributed by atoms with E-state index in [9.17, 15) is 13.2 Å². The van der Waals surface area contributed by atoms with Gasteiger partial charge in [0, 0.05) is 18.4 Å². The predicted molar refractivity (Wildman–Crippen MR) is 122 cm³/mol. The van der Waals surface area contributed by atoms with Gasteiger partial charge in [-0.15, -0.1) is 0 Å². The molecule has 4 rings (SSSR count). The molecule has 0 saturated carbocycles. The van der Waals surface area contributed by atoms with E-state index in [1.54, 1.807) is 26.4 Å². The molecular formula is C25H25NO5S. The molecule has 0 bridgehead atoms. The number of hydrogen-bond acceptors (Lipinski definition) is 5. The Bertz CT molecular complexity index is 1240. The average molecular weight is 452 g/mol. The standard InChI is InChI=1S/C25H25NO5S/c1-30-22-15-19-13-14-26(25(27)18-9-11-20(12-10-18)32(3,28)29)24(17-7-5-4-6-8-17)21(19)16-23(22)31-2/h4-12,15-16,24H,13-14H2,1-3H3. The lowest BCUT2D eigenvalue weighted by Crippen LogP contribution is -2.40. The lowest BCUT2D eigenvalue weighted by atomic mass is 9.87. The third kappa shape index (κ3) is 4.08. The molecule has 1 heterocycles. The van der Waals surface area contributed by atoms with Crippen LogP contribution in [0.2, 0.25) is 0 Å². The van der Waals surface area contributed by atoms with E-state index in [1.165, 1.54) is 12.1 Å². The zero-order valence-electron chi connectivity index (χ0n) is 18.2. The van der Waals surface area contributed by atoms with Crippen LogP contribution in [-0.2, 0) is 16.3 Å². The van der Waals surface area contributed by atoms with Crippen LogP contribution in [0.5, 0.6) is 11.5 Å². The Morgan fingerprint density at radius 3 is 2.16 bits per heavy atom. The van der Waals surface area contributed by atoms with Gasteiger partial charge in [-0.2, -0.15) is 0 Å². The van der Waals surface area contributed by atoms with Crippen molar-refractivity contribution >= 4 is 15.7 Å². The van der Waals surface area contributed by atoms with Crippen LogP contribution >= 0.6 is 0 Å². The van der Waals surface area contributed by atoms with Gasteiger partial charge in [-0.3, -0.25) is 4.79 Å². The summed E-state index contributed by atoms with van der Waals surface area (Å²) in [7, 11) is -0.126. The summed E-state index contributed by atoms with van der Waals surface area (Å²) in [5, 5.41) is 0. The third-order valence-corrected chi connectivity index (χ3v) is 6.91. The summed E-state index contributed by atoms with van der Waals surface area (Å²) < 4.78 is 34.6. The van der Waals surface area contributed by atoms with Crippen molar-refractivity contribution in [2.24, 2.45) is 0 Å². The summed E-state index contributed by atoms with van der Waals surface area (Å²) in [6.07, 6.45) is 1.82. The minimum Gasteiger partial charge on any atom is -0.493 e. The number of methoxy groups -OCH3 is 2. The molecule has 32 heavy (non-hydrogen) atoms. The summed E-state index contributed by atoms with van der Waals surface area (Å²) in [5.41, 5.74) is 3.53. The normalized spacial score (nSPS) is 15.7. The maximum atomic E-state index is 13.6. The Morgan fingerprint density at radius 2 is 1.56 bits per heavy atom. The Morgan fingerprint density at radius 1 is 0.938 bits per heavy atom. The van der Waals surface area contributed by atoms with E-state index in [2.05, 4.69) is 0 Å². The second kappa shape index (κ2) is 8.67. The fourth-order valence-electron chi connectivity index (χ4n) is 4.17. The van der Waals surface area contributed by atoms with E-state index >= 15 is 0 Å². The van der Waals surface area contributed by atoms with E-state index in [0.717, 1.165) is 22.9 Å². The molecule has 0 aromatic heterocycles. The minimum atomic E-state index is -3.33. The highest BCUT2D eigenvalue weighted by atomic mass is 32.2. The van der Waals surface area contributed by atoms with Crippen LogP contribution in [0.25, 0.3) is 0 Å². The van der Waals surface area contributed by atoms with Gasteiger partial charge < -0.3 is 14.4 Å². The quantitative estimate of drug-likeness (QED) is 0.588. The number of carbonyl (C=O) groups excluding carboxylic acids is 1. The average Bonchev–Trinajstić information content (AvgIpc) is 2.82. The first-order valence-corrected chi connectivity index (χ1v) is 12.1. The van der Waals surface area contributed by atoms with Crippen LogP contribution in [0.1, 0.15) is 33.1 Å². The molecule has 0 N–H and O–H groups in total. The van der Waals surface area contributed by atoms with Gasteiger partial charge in [-0.05, 0) is 59.5 Å². The maximum absolute atomic E-state index is 13.6. The van der Waals surface area contributed by atoms with Crippen LogP contribution in [0.4, 0.5) is 0 Å². The molecule has 1 aliphatic heterocycles. The van der Waals surface area contributed by atoms with Gasteiger partial charge in [0.1, 0.15) is 0 Å². The molecule has 6 nitrogen and oxygen atoms in total. The number of fused-ring (bicyclic) bond motifs is 1. The molecule has 3 aromatic carbocycles. The molecule has 3 aromatic rings. The Labute approximate surface area is 188 Å². The maximum Gasteiger partial charge on any atom is 0.254 e. The first-order valence-electron chi connectivity index (χ1n) is 10.2. The fourth-order valence-corrected chi connectivity index (χ4v) is 4.80. The zero-order valence-corrected chi connectivity index (χ0v) is 19.1. The number of sulfone groups is 1. The van der Waals surface area contributed by atoms with Gasteiger partial charge in [-0.1, -0.05) is 30.3 Å². The largest absolute Gasteiger partial charge is 0.493 e. The molecule has 0 aliphatic carbocycles. The van der Waals surface area contributed by atoms with Crippen molar-refractivity contribution in [3.05, 3.63) is 89.0 Å². The number of amides is 1. The number of ether oxygens (including phenoxy) is 2. The van der Waals surface area contributed by atoms with Crippen molar-refractivity contribution in [2.75, 3.05) is 27.0 Å². The molecule has 1 amide bonds. The predicted octanol–water partition coefficient (Wildman–Crippen LogP) is 3.90. The van der Waals surface area contributed by atoms with Crippen LogP contribution in [0.15, 0.2) is 71.6 Å². The van der Waals surface area contributed by atoms with Gasteiger partial charge in [0.2, 0.25) is 0 Å². The lowest BCUT2D eigenvalue weighted by Gasteiger charge is -2.38. The molecule has 7 heteroatoms. The molecule has 0 fully saturated rings. The van der Waals surface area contributed by atoms with Gasteiger partial charge >= 0.3 is 0 Å². The van der Waals surface area contributed by atoms with E-state index in [1.807, 2.05) is 47.4 Å². The molecule has 1 unspecified atom stereocenters. The summed E-state index contributed by atoms with van der Waals surface area (Å²) in [6, 6.07) is 19.6. The summed E-state index contributed by atoms with van der Waals surface area (Å²) in [6.45, 7) is 0.523. The van der Waals surface area contributed by atoms with Gasteiger partial charge in [0.05, 0.1) is 25.2 Å². The second-order valence-electron chi connectivity index (χ2n) is 7.76. The molecule has 0 saturated heterocycles. The highest BCUT2D eigenvalue weighted by Crippen LogP contribution is 2.41. The van der Waals surface area contributed by atoms with Crippen molar-refractivity contribution in [2.45, 2.75) is 17.4 Å². The molecule has 1 aliphatic rings. The highest BCUT2D eigenvalue weighted by molar-refractivity contribution is 7.90. The minimum absolute atomic E-state index is 0.153. The SMILES string of the molecule is COc1cc2c(cc1OC)C(c1ccccc1)N(C(=O)c1ccc(S(C)(=O)=O)cc1)CC2. The lowest BCUT2D eigenvalue weighted by molar-refractivity contribution is 0.0694. The topological polar surface area (TPSA) is 72.9 Å². The van der Waals surface area contributed by atoms with Crippen molar-refractivity contribution in [3.8, 4) is 11.5 Å². The van der Waals surface area contributed by atoms with E-state index in [-0.39, 0.29) is 16.8 Å². The number of carbonyl (C=O) groups is 1. The first kappa shape index (κ1) is 21.9. The van der Waals surface area contributed by atoms with Crippen molar-refractivity contribution < 1.29 is 22.7 Å². The summed E-state index contributed by atoms with van der Waals surface area (Å²) in [4.78, 5) is 15.6. The molecule has 1 atom stereocenters. The first-order chi connectivity index (χ1) is 15.3. The number of hydrogen-bond donors (Lipinski definition) is 0. The van der Waals surface area contributed by atoms with Crippen LogP contribution in [0, 0.1) is 0 Å². The van der Waals surface area contributed by atoms with Crippen LogP contribution < -0.4 is 9.47 Å².